The number of nitrogens with zero attached hydrogens (tertiary/aromatic N) is 2. The summed E-state index contributed by atoms with van der Waals surface area (Å²) >= 11 is 0. The molecule has 1 aliphatic carbocycles. The Hall–Kier alpha value is -1.52. The van der Waals surface area contributed by atoms with Crippen LogP contribution in [0, 0.1) is 0 Å². The van der Waals surface area contributed by atoms with Crippen LogP contribution >= 0.6 is 0 Å². The second-order valence-corrected chi connectivity index (χ2v) is 3.57. The molecule has 0 atom stereocenters. The quantitative estimate of drug-likeness (QED) is 0.656. The van der Waals surface area contributed by atoms with E-state index in [2.05, 4.69) is 4.98 Å². The van der Waals surface area contributed by atoms with E-state index in [4.69, 9.17) is 10.9 Å². The molecular formula is C9H13N3O2. The number of hydrogen-bond donors (Lipinski definition) is 2. The van der Waals surface area contributed by atoms with Gasteiger partial charge in [-0.1, -0.05) is 0 Å². The summed E-state index contributed by atoms with van der Waals surface area (Å²) in [7, 11) is 0. The summed E-state index contributed by atoms with van der Waals surface area (Å²) in [6, 6.07) is 0. The molecule has 0 aromatic carbocycles. The van der Waals surface area contributed by atoms with Gasteiger partial charge >= 0.3 is 5.97 Å². The Morgan fingerprint density at radius 2 is 2.21 bits per heavy atom. The highest BCUT2D eigenvalue weighted by Crippen LogP contribution is 2.20. The van der Waals surface area contributed by atoms with Crippen LogP contribution in [0.25, 0.3) is 0 Å². The molecule has 5 heteroatoms. The predicted molar refractivity (Wildman–Crippen MR) is 50.4 cm³/mol. The van der Waals surface area contributed by atoms with Gasteiger partial charge in [0.1, 0.15) is 12.2 Å². The molecule has 0 bridgehead atoms. The third kappa shape index (κ3) is 1.45. The maximum Gasteiger partial charge on any atom is 0.311 e. The topological polar surface area (TPSA) is 81.1 Å². The summed E-state index contributed by atoms with van der Waals surface area (Å²) in [6.45, 7) is 0. The van der Waals surface area contributed by atoms with E-state index in [1.54, 1.807) is 0 Å². The van der Waals surface area contributed by atoms with Gasteiger partial charge in [-0.25, -0.2) is 4.98 Å². The van der Waals surface area contributed by atoms with Crippen LogP contribution in [0.4, 0.5) is 0 Å². The number of aryl methyl sites for hydroxylation is 1. The molecule has 1 aliphatic rings. The van der Waals surface area contributed by atoms with Crippen molar-refractivity contribution in [2.45, 2.75) is 32.1 Å². The van der Waals surface area contributed by atoms with Crippen molar-refractivity contribution in [3.8, 4) is 0 Å². The van der Waals surface area contributed by atoms with Crippen molar-refractivity contribution in [2.75, 3.05) is 5.84 Å². The zero-order valence-corrected chi connectivity index (χ0v) is 7.86. The number of fused-ring (bicyclic) bond motifs is 1. The molecule has 1 aromatic rings. The number of aliphatic carboxylic acids is 1. The molecule has 0 amide bonds. The maximum absolute atomic E-state index is 10.5. The Balaban J connectivity index is 2.33. The Bertz CT molecular complexity index is 370. The maximum atomic E-state index is 10.5. The molecule has 0 unspecified atom stereocenters. The van der Waals surface area contributed by atoms with Gasteiger partial charge in [0.25, 0.3) is 0 Å². The molecule has 0 fully saturated rings. The van der Waals surface area contributed by atoms with Gasteiger partial charge in [0, 0.05) is 0 Å². The van der Waals surface area contributed by atoms with Crippen molar-refractivity contribution < 1.29 is 9.90 Å². The Labute approximate surface area is 81.5 Å². The molecule has 5 nitrogen and oxygen atoms in total. The molecule has 0 radical (unpaired) electrons. The van der Waals surface area contributed by atoms with Crippen LogP contribution in [0.5, 0.6) is 0 Å². The number of imidazole rings is 1. The fraction of sp³-hybridized carbons (Fsp3) is 0.556. The molecular weight excluding hydrogens is 182 g/mol. The highest BCUT2D eigenvalue weighted by atomic mass is 16.4. The second kappa shape index (κ2) is 3.32. The van der Waals surface area contributed by atoms with Crippen LogP contribution < -0.4 is 5.84 Å². The summed E-state index contributed by atoms with van der Waals surface area (Å²) in [5.41, 5.74) is 1.99. The van der Waals surface area contributed by atoms with Crippen molar-refractivity contribution in [1.82, 2.24) is 9.66 Å². The first-order valence-corrected chi connectivity index (χ1v) is 4.74. The number of aromatic nitrogens is 2. The molecule has 2 rings (SSSR count). The second-order valence-electron chi connectivity index (χ2n) is 3.57. The molecule has 3 N–H and O–H groups in total. The summed E-state index contributed by atoms with van der Waals surface area (Å²) in [4.78, 5) is 14.8. The number of carboxylic acid groups (broad SMARTS) is 1. The van der Waals surface area contributed by atoms with Gasteiger partial charge in [0.05, 0.1) is 11.4 Å². The van der Waals surface area contributed by atoms with Gasteiger partial charge < -0.3 is 10.9 Å². The molecule has 0 saturated heterocycles. The number of nitrogen functional groups attached to an aromatic ring is 1. The van der Waals surface area contributed by atoms with Crippen LogP contribution in [0.2, 0.25) is 0 Å². The van der Waals surface area contributed by atoms with Crippen molar-refractivity contribution in [1.29, 1.82) is 0 Å². The molecule has 1 aromatic heterocycles. The molecule has 1 heterocycles. The lowest BCUT2D eigenvalue weighted by Gasteiger charge is -2.10. The first-order chi connectivity index (χ1) is 6.68. The Morgan fingerprint density at radius 1 is 1.50 bits per heavy atom. The highest BCUT2D eigenvalue weighted by molar-refractivity contribution is 5.69. The van der Waals surface area contributed by atoms with Crippen LogP contribution in [0.3, 0.4) is 0 Å². The first kappa shape index (κ1) is 9.05. The van der Waals surface area contributed by atoms with Gasteiger partial charge in [0.15, 0.2) is 0 Å². The van der Waals surface area contributed by atoms with E-state index in [1.807, 2.05) is 0 Å². The van der Waals surface area contributed by atoms with E-state index in [-0.39, 0.29) is 6.42 Å². The first-order valence-electron chi connectivity index (χ1n) is 4.74. The van der Waals surface area contributed by atoms with Gasteiger partial charge in [0.2, 0.25) is 0 Å². The standard InChI is InChI=1S/C9H13N3O2/c10-12-7-4-2-1-3-6(7)11-8(12)5-9(13)14/h1-5,10H2,(H,13,14). The minimum atomic E-state index is -0.890. The van der Waals surface area contributed by atoms with Gasteiger partial charge in [-0.2, -0.15) is 0 Å². The molecule has 0 aliphatic heterocycles. The number of nitrogens with two attached hydrogens (primary N) is 1. The zero-order chi connectivity index (χ0) is 10.1. The van der Waals surface area contributed by atoms with Crippen LogP contribution in [-0.2, 0) is 24.1 Å². The number of carbonyl (C=O) groups is 1. The highest BCUT2D eigenvalue weighted by Gasteiger charge is 2.19. The smallest absolute Gasteiger partial charge is 0.311 e. The SMILES string of the molecule is Nn1c(CC(=O)O)nc2c1CCCC2. The summed E-state index contributed by atoms with van der Waals surface area (Å²) in [5.74, 6) is 5.34. The monoisotopic (exact) mass is 195 g/mol. The number of rotatable bonds is 2. The van der Waals surface area contributed by atoms with E-state index in [1.165, 1.54) is 4.68 Å². The predicted octanol–water partition coefficient (Wildman–Crippen LogP) is 0.103. The third-order valence-electron chi connectivity index (χ3n) is 2.55. The lowest BCUT2D eigenvalue weighted by Crippen LogP contribution is -2.19. The normalized spacial score (nSPS) is 15.1. The lowest BCUT2D eigenvalue weighted by atomic mass is 10.0. The minimum Gasteiger partial charge on any atom is -0.481 e. The summed E-state index contributed by atoms with van der Waals surface area (Å²) in [6.07, 6.45) is 3.98. The molecule has 0 saturated carbocycles. The van der Waals surface area contributed by atoms with E-state index >= 15 is 0 Å². The van der Waals surface area contributed by atoms with Gasteiger partial charge in [-0.05, 0) is 25.7 Å². The summed E-state index contributed by atoms with van der Waals surface area (Å²) in [5, 5.41) is 8.64. The van der Waals surface area contributed by atoms with Crippen molar-refractivity contribution >= 4 is 5.97 Å². The molecule has 76 valence electrons. The Morgan fingerprint density at radius 3 is 2.86 bits per heavy atom. The van der Waals surface area contributed by atoms with Crippen molar-refractivity contribution in [3.05, 3.63) is 17.2 Å². The third-order valence-corrected chi connectivity index (χ3v) is 2.55. The van der Waals surface area contributed by atoms with E-state index in [0.29, 0.717) is 5.82 Å². The van der Waals surface area contributed by atoms with Crippen LogP contribution in [0.1, 0.15) is 30.1 Å². The van der Waals surface area contributed by atoms with Crippen LogP contribution in [0.15, 0.2) is 0 Å². The van der Waals surface area contributed by atoms with Crippen LogP contribution in [-0.4, -0.2) is 20.7 Å². The van der Waals surface area contributed by atoms with Crippen molar-refractivity contribution in [3.63, 3.8) is 0 Å². The molecule has 0 spiro atoms. The number of carboxylic acids is 1. The average Bonchev–Trinajstić information content (AvgIpc) is 2.44. The fourth-order valence-electron chi connectivity index (χ4n) is 1.88. The summed E-state index contributed by atoms with van der Waals surface area (Å²) < 4.78 is 1.45. The number of hydrogen-bond acceptors (Lipinski definition) is 3. The molecule has 14 heavy (non-hydrogen) atoms. The Kier molecular flexibility index (Phi) is 2.15. The average molecular weight is 195 g/mol. The van der Waals surface area contributed by atoms with Gasteiger partial charge in [-0.3, -0.25) is 9.47 Å². The zero-order valence-electron chi connectivity index (χ0n) is 7.86. The fourth-order valence-corrected chi connectivity index (χ4v) is 1.88. The van der Waals surface area contributed by atoms with E-state index in [0.717, 1.165) is 37.1 Å². The minimum absolute atomic E-state index is 0.0938. The van der Waals surface area contributed by atoms with E-state index < -0.39 is 5.97 Å². The largest absolute Gasteiger partial charge is 0.481 e. The van der Waals surface area contributed by atoms with Crippen molar-refractivity contribution in [2.24, 2.45) is 0 Å². The van der Waals surface area contributed by atoms with E-state index in [9.17, 15) is 4.79 Å². The van der Waals surface area contributed by atoms with Gasteiger partial charge in [-0.15, -0.1) is 0 Å². The lowest BCUT2D eigenvalue weighted by molar-refractivity contribution is -0.136.